The van der Waals surface area contributed by atoms with E-state index in [4.69, 9.17) is 4.74 Å². The second-order valence-corrected chi connectivity index (χ2v) is 9.70. The van der Waals surface area contributed by atoms with Crippen LogP contribution in [0.5, 0.6) is 0 Å². The molecule has 0 atom stereocenters. The van der Waals surface area contributed by atoms with Crippen LogP contribution in [0.2, 0.25) is 19.6 Å². The van der Waals surface area contributed by atoms with E-state index in [-0.39, 0.29) is 5.97 Å². The Bertz CT molecular complexity index is 353. The highest BCUT2D eigenvalue weighted by Crippen LogP contribution is 2.08. The molecule has 0 saturated heterocycles. The van der Waals surface area contributed by atoms with Gasteiger partial charge in [0.25, 0.3) is 0 Å². The minimum atomic E-state index is -1.37. The fourth-order valence-electron chi connectivity index (χ4n) is 1.63. The maximum absolute atomic E-state index is 11.3. The molecule has 0 N–H and O–H groups in total. The van der Waals surface area contributed by atoms with Gasteiger partial charge in [-0.15, -0.1) is 0 Å². The summed E-state index contributed by atoms with van der Waals surface area (Å²) in [6.45, 7) is 6.84. The van der Waals surface area contributed by atoms with Crippen molar-refractivity contribution in [3.8, 4) is 0 Å². The van der Waals surface area contributed by atoms with Crippen molar-refractivity contribution in [1.82, 2.24) is 0 Å². The number of carbonyl (C=O) groups excluding carboxylic acids is 1. The average Bonchev–Trinajstić information content (AvgIpc) is 2.17. The zero-order chi connectivity index (χ0) is 11.5. The van der Waals surface area contributed by atoms with Gasteiger partial charge < -0.3 is 4.74 Å². The van der Waals surface area contributed by atoms with Crippen LogP contribution in [0.3, 0.4) is 0 Å². The van der Waals surface area contributed by atoms with Crippen LogP contribution in [-0.2, 0) is 16.0 Å². The van der Waals surface area contributed by atoms with Crippen LogP contribution in [0.1, 0.15) is 5.56 Å². The summed E-state index contributed by atoms with van der Waals surface area (Å²) in [7, 11) is 0.0648. The van der Waals surface area contributed by atoms with Gasteiger partial charge in [0, 0.05) is 0 Å². The lowest BCUT2D eigenvalue weighted by Crippen LogP contribution is -2.40. The Balaban J connectivity index is 3.02. The zero-order valence-electron chi connectivity index (χ0n) is 9.83. The molecule has 0 bridgehead atoms. The van der Waals surface area contributed by atoms with Crippen molar-refractivity contribution < 1.29 is 9.53 Å². The molecule has 15 heavy (non-hydrogen) atoms. The van der Waals surface area contributed by atoms with Crippen molar-refractivity contribution in [2.45, 2.75) is 26.1 Å². The van der Waals surface area contributed by atoms with E-state index in [9.17, 15) is 4.79 Å². The van der Waals surface area contributed by atoms with Gasteiger partial charge >= 0.3 is 5.97 Å². The molecule has 0 radical (unpaired) electrons. The SMILES string of the molecule is COC(=O)Cc1ccccc1[Si](C)(C)C. The van der Waals surface area contributed by atoms with Crippen LogP contribution in [0.4, 0.5) is 0 Å². The molecule has 2 nitrogen and oxygen atoms in total. The third-order valence-electron chi connectivity index (χ3n) is 2.39. The van der Waals surface area contributed by atoms with Crippen molar-refractivity contribution in [1.29, 1.82) is 0 Å². The van der Waals surface area contributed by atoms with Crippen molar-refractivity contribution in [3.05, 3.63) is 29.8 Å². The quantitative estimate of drug-likeness (QED) is 0.577. The minimum Gasteiger partial charge on any atom is -0.469 e. The van der Waals surface area contributed by atoms with E-state index in [1.165, 1.54) is 12.3 Å². The summed E-state index contributed by atoms with van der Waals surface area (Å²) in [5.74, 6) is -0.166. The summed E-state index contributed by atoms with van der Waals surface area (Å²) in [5, 5.41) is 1.34. The lowest BCUT2D eigenvalue weighted by molar-refractivity contribution is -0.139. The molecular weight excluding hydrogens is 204 g/mol. The smallest absolute Gasteiger partial charge is 0.309 e. The van der Waals surface area contributed by atoms with Crippen LogP contribution in [0.15, 0.2) is 24.3 Å². The number of benzene rings is 1. The van der Waals surface area contributed by atoms with Crippen molar-refractivity contribution >= 4 is 19.2 Å². The molecule has 0 aliphatic rings. The molecule has 0 heterocycles. The Labute approximate surface area is 92.3 Å². The van der Waals surface area contributed by atoms with Gasteiger partial charge in [0.15, 0.2) is 0 Å². The largest absolute Gasteiger partial charge is 0.469 e. The molecule has 0 spiro atoms. The van der Waals surface area contributed by atoms with Gasteiger partial charge in [-0.3, -0.25) is 4.79 Å². The summed E-state index contributed by atoms with van der Waals surface area (Å²) < 4.78 is 4.70. The van der Waals surface area contributed by atoms with Crippen LogP contribution in [0, 0.1) is 0 Å². The molecule has 1 aromatic rings. The summed E-state index contributed by atoms with van der Waals surface area (Å²) in [6.07, 6.45) is 0.386. The molecule has 0 aliphatic carbocycles. The Morgan fingerprint density at radius 2 is 1.87 bits per heavy atom. The van der Waals surface area contributed by atoms with E-state index >= 15 is 0 Å². The predicted octanol–water partition coefficient (Wildman–Crippen LogP) is 1.95. The number of hydrogen-bond donors (Lipinski definition) is 0. The lowest BCUT2D eigenvalue weighted by Gasteiger charge is -2.20. The van der Waals surface area contributed by atoms with Gasteiger partial charge in [-0.2, -0.15) is 0 Å². The molecule has 0 unspecified atom stereocenters. The highest BCUT2D eigenvalue weighted by Gasteiger charge is 2.20. The number of esters is 1. The first kappa shape index (κ1) is 12.0. The van der Waals surface area contributed by atoms with Crippen LogP contribution < -0.4 is 5.19 Å². The number of rotatable bonds is 3. The second kappa shape index (κ2) is 4.62. The van der Waals surface area contributed by atoms with Gasteiger partial charge in [-0.05, 0) is 5.56 Å². The maximum atomic E-state index is 11.3. The Morgan fingerprint density at radius 1 is 1.27 bits per heavy atom. The Kier molecular flexibility index (Phi) is 3.69. The van der Waals surface area contributed by atoms with E-state index < -0.39 is 8.07 Å². The molecule has 0 aliphatic heterocycles. The monoisotopic (exact) mass is 222 g/mol. The maximum Gasteiger partial charge on any atom is 0.309 e. The standard InChI is InChI=1S/C12H18O2Si/c1-14-12(13)9-10-7-5-6-8-11(10)15(2,3)4/h5-8H,9H2,1-4H3. The molecular formula is C12H18O2Si. The lowest BCUT2D eigenvalue weighted by atomic mass is 10.1. The van der Waals surface area contributed by atoms with Crippen molar-refractivity contribution in [2.24, 2.45) is 0 Å². The van der Waals surface area contributed by atoms with Gasteiger partial charge in [-0.25, -0.2) is 0 Å². The van der Waals surface area contributed by atoms with Gasteiger partial charge in [0.1, 0.15) is 0 Å². The van der Waals surface area contributed by atoms with Crippen LogP contribution in [0.25, 0.3) is 0 Å². The topological polar surface area (TPSA) is 26.3 Å². The first-order valence-electron chi connectivity index (χ1n) is 5.10. The first-order valence-corrected chi connectivity index (χ1v) is 8.60. The highest BCUT2D eigenvalue weighted by atomic mass is 28.3. The molecule has 0 amide bonds. The third kappa shape index (κ3) is 3.20. The number of carbonyl (C=O) groups is 1. The molecule has 1 aromatic carbocycles. The zero-order valence-corrected chi connectivity index (χ0v) is 10.8. The van der Waals surface area contributed by atoms with E-state index in [0.717, 1.165) is 5.56 Å². The van der Waals surface area contributed by atoms with E-state index in [1.54, 1.807) is 0 Å². The average molecular weight is 222 g/mol. The summed E-state index contributed by atoms with van der Waals surface area (Å²) in [4.78, 5) is 11.3. The van der Waals surface area contributed by atoms with Gasteiger partial charge in [0.2, 0.25) is 0 Å². The Morgan fingerprint density at radius 3 is 2.40 bits per heavy atom. The van der Waals surface area contributed by atoms with E-state index in [1.807, 2.05) is 18.2 Å². The Hall–Kier alpha value is -1.09. The first-order chi connectivity index (χ1) is 6.95. The van der Waals surface area contributed by atoms with Crippen LogP contribution >= 0.6 is 0 Å². The van der Waals surface area contributed by atoms with Crippen molar-refractivity contribution in [3.63, 3.8) is 0 Å². The fourth-order valence-corrected chi connectivity index (χ4v) is 3.37. The normalized spacial score (nSPS) is 11.2. The summed E-state index contributed by atoms with van der Waals surface area (Å²) >= 11 is 0. The molecule has 0 fully saturated rings. The fraction of sp³-hybridized carbons (Fsp3) is 0.417. The molecule has 82 valence electrons. The van der Waals surface area contributed by atoms with Gasteiger partial charge in [-0.1, -0.05) is 49.1 Å². The number of methoxy groups -OCH3 is 1. The van der Waals surface area contributed by atoms with E-state index in [0.29, 0.717) is 6.42 Å². The number of ether oxygens (including phenoxy) is 1. The predicted molar refractivity (Wildman–Crippen MR) is 65.1 cm³/mol. The number of hydrogen-bond acceptors (Lipinski definition) is 2. The minimum absolute atomic E-state index is 0.166. The summed E-state index contributed by atoms with van der Waals surface area (Å²) in [5.41, 5.74) is 1.11. The van der Waals surface area contributed by atoms with Crippen molar-refractivity contribution in [2.75, 3.05) is 7.11 Å². The van der Waals surface area contributed by atoms with E-state index in [2.05, 4.69) is 25.7 Å². The molecule has 1 rings (SSSR count). The summed E-state index contributed by atoms with van der Waals surface area (Å²) in [6, 6.07) is 8.16. The second-order valence-electron chi connectivity index (χ2n) is 4.66. The van der Waals surface area contributed by atoms with Gasteiger partial charge in [0.05, 0.1) is 21.6 Å². The molecule has 0 aromatic heterocycles. The third-order valence-corrected chi connectivity index (χ3v) is 4.49. The molecule has 3 heteroatoms. The molecule has 0 saturated carbocycles. The van der Waals surface area contributed by atoms with Crippen LogP contribution in [-0.4, -0.2) is 21.2 Å². The highest BCUT2D eigenvalue weighted by molar-refractivity contribution is 6.89.